The van der Waals surface area contributed by atoms with Gasteiger partial charge in [-0.1, -0.05) is 0 Å². The van der Waals surface area contributed by atoms with Gasteiger partial charge in [0.05, 0.1) is 5.69 Å². The Balaban J connectivity index is 2.40. The van der Waals surface area contributed by atoms with Crippen molar-refractivity contribution >= 4 is 17.5 Å². The zero-order valence-corrected chi connectivity index (χ0v) is 12.2. The summed E-state index contributed by atoms with van der Waals surface area (Å²) in [6.07, 6.45) is -4.69. The number of hydrogen-bond donors (Lipinski definition) is 2. The van der Waals surface area contributed by atoms with E-state index in [1.54, 1.807) is 13.8 Å². The standard InChI is InChI=1S/C14H13F5N4/c1-7(2)20-13-22-11(14(17,18)19)6-12(23-13)21-10-4-3-8(15)5-9(10)16/h3-7H,1-2H3,(H2,20,21,22,23). The van der Waals surface area contributed by atoms with Gasteiger partial charge >= 0.3 is 6.18 Å². The molecule has 2 aromatic rings. The Morgan fingerprint density at radius 1 is 1.04 bits per heavy atom. The molecule has 0 amide bonds. The number of anilines is 3. The van der Waals surface area contributed by atoms with Crippen molar-refractivity contribution in [3.63, 3.8) is 0 Å². The average Bonchev–Trinajstić information content (AvgIpc) is 2.40. The largest absolute Gasteiger partial charge is 0.433 e. The smallest absolute Gasteiger partial charge is 0.352 e. The second-order valence-corrected chi connectivity index (χ2v) is 5.01. The summed E-state index contributed by atoms with van der Waals surface area (Å²) in [7, 11) is 0. The number of nitrogens with one attached hydrogen (secondary N) is 2. The maximum absolute atomic E-state index is 13.6. The van der Waals surface area contributed by atoms with Crippen LogP contribution in [0.3, 0.4) is 0 Å². The minimum atomic E-state index is -4.69. The number of halogens is 5. The van der Waals surface area contributed by atoms with E-state index in [-0.39, 0.29) is 23.5 Å². The van der Waals surface area contributed by atoms with Crippen molar-refractivity contribution in [2.45, 2.75) is 26.1 Å². The number of rotatable bonds is 4. The molecule has 0 aliphatic heterocycles. The van der Waals surface area contributed by atoms with E-state index in [0.29, 0.717) is 12.1 Å². The molecule has 0 saturated carbocycles. The summed E-state index contributed by atoms with van der Waals surface area (Å²) in [6.45, 7) is 3.41. The molecular weight excluding hydrogens is 319 g/mol. The third-order valence-corrected chi connectivity index (χ3v) is 2.63. The monoisotopic (exact) mass is 332 g/mol. The molecule has 0 bridgehead atoms. The number of nitrogens with zero attached hydrogens (tertiary/aromatic N) is 2. The first-order valence-corrected chi connectivity index (χ1v) is 6.60. The number of aromatic nitrogens is 2. The lowest BCUT2D eigenvalue weighted by atomic mass is 10.3. The van der Waals surface area contributed by atoms with Crippen LogP contribution in [0.5, 0.6) is 0 Å². The van der Waals surface area contributed by atoms with E-state index < -0.39 is 23.5 Å². The van der Waals surface area contributed by atoms with Crippen LogP contribution in [0.15, 0.2) is 24.3 Å². The van der Waals surface area contributed by atoms with Gasteiger partial charge in [-0.25, -0.2) is 13.8 Å². The van der Waals surface area contributed by atoms with E-state index in [4.69, 9.17) is 0 Å². The summed E-state index contributed by atoms with van der Waals surface area (Å²) in [4.78, 5) is 7.23. The van der Waals surface area contributed by atoms with Gasteiger partial charge in [0.2, 0.25) is 5.95 Å². The zero-order chi connectivity index (χ0) is 17.2. The predicted molar refractivity (Wildman–Crippen MR) is 75.4 cm³/mol. The molecule has 2 rings (SSSR count). The molecule has 0 atom stereocenters. The van der Waals surface area contributed by atoms with Gasteiger partial charge in [0.1, 0.15) is 17.5 Å². The number of alkyl halides is 3. The van der Waals surface area contributed by atoms with E-state index in [1.807, 2.05) is 0 Å². The molecule has 0 radical (unpaired) electrons. The summed E-state index contributed by atoms with van der Waals surface area (Å²) in [5.74, 6) is -2.26. The maximum Gasteiger partial charge on any atom is 0.433 e. The summed E-state index contributed by atoms with van der Waals surface area (Å²) >= 11 is 0. The number of benzene rings is 1. The Kier molecular flexibility index (Phi) is 4.67. The Morgan fingerprint density at radius 2 is 1.74 bits per heavy atom. The molecule has 1 aromatic carbocycles. The topological polar surface area (TPSA) is 49.8 Å². The van der Waals surface area contributed by atoms with Gasteiger partial charge in [-0.05, 0) is 26.0 Å². The molecule has 0 unspecified atom stereocenters. The molecule has 4 nitrogen and oxygen atoms in total. The lowest BCUT2D eigenvalue weighted by Crippen LogP contribution is -2.17. The highest BCUT2D eigenvalue weighted by Gasteiger charge is 2.34. The highest BCUT2D eigenvalue weighted by molar-refractivity contribution is 5.58. The molecule has 0 saturated heterocycles. The van der Waals surface area contributed by atoms with Crippen molar-refractivity contribution in [3.05, 3.63) is 41.6 Å². The molecule has 0 fully saturated rings. The van der Waals surface area contributed by atoms with Crippen molar-refractivity contribution in [2.75, 3.05) is 10.6 Å². The maximum atomic E-state index is 13.6. The molecule has 0 aliphatic carbocycles. The fraction of sp³-hybridized carbons (Fsp3) is 0.286. The van der Waals surface area contributed by atoms with Crippen molar-refractivity contribution in [1.82, 2.24) is 9.97 Å². The minimum absolute atomic E-state index is 0.200. The molecule has 0 spiro atoms. The van der Waals surface area contributed by atoms with Crippen LogP contribution in [0.4, 0.5) is 39.4 Å². The van der Waals surface area contributed by atoms with Gasteiger partial charge < -0.3 is 10.6 Å². The van der Waals surface area contributed by atoms with Crippen LogP contribution in [0.25, 0.3) is 0 Å². The fourth-order valence-corrected chi connectivity index (χ4v) is 1.71. The van der Waals surface area contributed by atoms with Gasteiger partial charge in [-0.3, -0.25) is 0 Å². The SMILES string of the molecule is CC(C)Nc1nc(Nc2ccc(F)cc2F)cc(C(F)(F)F)n1. The van der Waals surface area contributed by atoms with Crippen LogP contribution >= 0.6 is 0 Å². The Hall–Kier alpha value is -2.45. The Labute approximate surface area is 128 Å². The van der Waals surface area contributed by atoms with Crippen molar-refractivity contribution in [2.24, 2.45) is 0 Å². The van der Waals surface area contributed by atoms with Crippen LogP contribution in [-0.2, 0) is 6.18 Å². The van der Waals surface area contributed by atoms with E-state index in [0.717, 1.165) is 12.1 Å². The summed E-state index contributed by atoms with van der Waals surface area (Å²) < 4.78 is 65.1. The highest BCUT2D eigenvalue weighted by atomic mass is 19.4. The summed E-state index contributed by atoms with van der Waals surface area (Å²) in [6, 6.07) is 3.10. The van der Waals surface area contributed by atoms with Crippen molar-refractivity contribution in [3.8, 4) is 0 Å². The molecule has 1 aromatic heterocycles. The quantitative estimate of drug-likeness (QED) is 0.818. The van der Waals surface area contributed by atoms with Crippen LogP contribution in [-0.4, -0.2) is 16.0 Å². The summed E-state index contributed by atoms with van der Waals surface area (Å²) in [5.41, 5.74) is -1.38. The van der Waals surface area contributed by atoms with Gasteiger partial charge in [-0.2, -0.15) is 18.2 Å². The first kappa shape index (κ1) is 16.9. The van der Waals surface area contributed by atoms with E-state index in [2.05, 4.69) is 20.6 Å². The zero-order valence-electron chi connectivity index (χ0n) is 12.2. The third-order valence-electron chi connectivity index (χ3n) is 2.63. The molecule has 1 heterocycles. The minimum Gasteiger partial charge on any atom is -0.352 e. The Bertz CT molecular complexity index is 700. The van der Waals surface area contributed by atoms with Gasteiger partial charge in [-0.15, -0.1) is 0 Å². The third kappa shape index (κ3) is 4.51. The Morgan fingerprint density at radius 3 is 2.30 bits per heavy atom. The first-order chi connectivity index (χ1) is 10.6. The first-order valence-electron chi connectivity index (χ1n) is 6.60. The van der Waals surface area contributed by atoms with E-state index in [9.17, 15) is 22.0 Å². The fourth-order valence-electron chi connectivity index (χ4n) is 1.71. The highest BCUT2D eigenvalue weighted by Crippen LogP contribution is 2.31. The normalized spacial score (nSPS) is 11.7. The molecule has 0 aliphatic rings. The van der Waals surface area contributed by atoms with Crippen LogP contribution in [0.1, 0.15) is 19.5 Å². The molecule has 23 heavy (non-hydrogen) atoms. The molecular formula is C14H13F5N4. The van der Waals surface area contributed by atoms with Crippen LogP contribution in [0.2, 0.25) is 0 Å². The lowest BCUT2D eigenvalue weighted by molar-refractivity contribution is -0.141. The average molecular weight is 332 g/mol. The van der Waals surface area contributed by atoms with Crippen LogP contribution in [0, 0.1) is 11.6 Å². The summed E-state index contributed by atoms with van der Waals surface area (Å²) in [5, 5.41) is 5.04. The second-order valence-electron chi connectivity index (χ2n) is 5.01. The van der Waals surface area contributed by atoms with E-state index >= 15 is 0 Å². The molecule has 2 N–H and O–H groups in total. The van der Waals surface area contributed by atoms with Gasteiger partial charge in [0, 0.05) is 18.2 Å². The lowest BCUT2D eigenvalue weighted by Gasteiger charge is -2.14. The molecule has 124 valence electrons. The van der Waals surface area contributed by atoms with E-state index in [1.165, 1.54) is 0 Å². The second kappa shape index (κ2) is 6.35. The van der Waals surface area contributed by atoms with Crippen molar-refractivity contribution in [1.29, 1.82) is 0 Å². The van der Waals surface area contributed by atoms with Gasteiger partial charge in [0.25, 0.3) is 0 Å². The van der Waals surface area contributed by atoms with Crippen LogP contribution < -0.4 is 10.6 Å². The molecule has 9 heteroatoms. The van der Waals surface area contributed by atoms with Crippen molar-refractivity contribution < 1.29 is 22.0 Å². The number of hydrogen-bond acceptors (Lipinski definition) is 4. The van der Waals surface area contributed by atoms with Gasteiger partial charge in [0.15, 0.2) is 5.69 Å². The predicted octanol–water partition coefficient (Wildman–Crippen LogP) is 4.34.